The Morgan fingerprint density at radius 3 is 2.79 bits per heavy atom. The number of aromatic carboxylic acids is 1. The Hall–Kier alpha value is -1.75. The molecule has 1 aromatic rings. The lowest BCUT2D eigenvalue weighted by atomic mass is 10.2. The third-order valence-corrected chi connectivity index (χ3v) is 3.40. The number of hydrogen-bond donors (Lipinski definition) is 2. The van der Waals surface area contributed by atoms with Crippen molar-refractivity contribution >= 4 is 29.3 Å². The van der Waals surface area contributed by atoms with Gasteiger partial charge in [0.05, 0.1) is 11.3 Å². The zero-order valence-corrected chi connectivity index (χ0v) is 11.3. The van der Waals surface area contributed by atoms with Crippen LogP contribution in [-0.4, -0.2) is 35.1 Å². The van der Waals surface area contributed by atoms with E-state index in [0.717, 1.165) is 6.42 Å². The second-order valence-corrected chi connectivity index (χ2v) is 5.20. The van der Waals surface area contributed by atoms with Gasteiger partial charge < -0.3 is 15.3 Å². The average molecular weight is 283 g/mol. The third-order valence-electron chi connectivity index (χ3n) is 3.16. The summed E-state index contributed by atoms with van der Waals surface area (Å²) >= 11 is 5.83. The van der Waals surface area contributed by atoms with Crippen LogP contribution in [0.5, 0.6) is 0 Å². The van der Waals surface area contributed by atoms with Crippen LogP contribution in [0.2, 0.25) is 5.02 Å². The van der Waals surface area contributed by atoms with Gasteiger partial charge in [0.1, 0.15) is 0 Å². The average Bonchev–Trinajstić information content (AvgIpc) is 2.75. The molecule has 0 bridgehead atoms. The highest BCUT2D eigenvalue weighted by Gasteiger charge is 2.24. The number of nitrogens with one attached hydrogen (secondary N) is 1. The Morgan fingerprint density at radius 2 is 2.21 bits per heavy atom. The first-order valence-electron chi connectivity index (χ1n) is 6.06. The summed E-state index contributed by atoms with van der Waals surface area (Å²) < 4.78 is 0. The molecule has 102 valence electrons. The van der Waals surface area contributed by atoms with E-state index in [1.54, 1.807) is 4.90 Å². The number of benzene rings is 1. The summed E-state index contributed by atoms with van der Waals surface area (Å²) in [7, 11) is 0. The van der Waals surface area contributed by atoms with Crippen molar-refractivity contribution in [3.05, 3.63) is 28.8 Å². The number of carboxylic acid groups (broad SMARTS) is 1. The van der Waals surface area contributed by atoms with E-state index >= 15 is 0 Å². The SMILES string of the molecule is CC1CCN(C(=O)Nc2cc(Cl)ccc2C(=O)O)C1. The molecule has 2 N–H and O–H groups in total. The zero-order chi connectivity index (χ0) is 14.0. The monoisotopic (exact) mass is 282 g/mol. The Kier molecular flexibility index (Phi) is 3.95. The Morgan fingerprint density at radius 1 is 1.47 bits per heavy atom. The highest BCUT2D eigenvalue weighted by Crippen LogP contribution is 2.23. The van der Waals surface area contributed by atoms with Gasteiger partial charge in [-0.05, 0) is 30.5 Å². The molecule has 0 radical (unpaired) electrons. The van der Waals surface area contributed by atoms with Gasteiger partial charge in [0.2, 0.25) is 0 Å². The van der Waals surface area contributed by atoms with Crippen LogP contribution in [0.3, 0.4) is 0 Å². The zero-order valence-electron chi connectivity index (χ0n) is 10.5. The predicted octanol–water partition coefficient (Wildman–Crippen LogP) is 2.91. The summed E-state index contributed by atoms with van der Waals surface area (Å²) in [4.78, 5) is 24.8. The van der Waals surface area contributed by atoms with Crippen molar-refractivity contribution in [1.29, 1.82) is 0 Å². The molecule has 0 spiro atoms. The van der Waals surface area contributed by atoms with Crippen LogP contribution in [0.25, 0.3) is 0 Å². The molecular formula is C13H15ClN2O3. The van der Waals surface area contributed by atoms with E-state index in [9.17, 15) is 9.59 Å². The minimum atomic E-state index is -1.10. The fourth-order valence-corrected chi connectivity index (χ4v) is 2.29. The number of hydrogen-bond acceptors (Lipinski definition) is 2. The number of carboxylic acids is 1. The van der Waals surface area contributed by atoms with Gasteiger partial charge in [-0.3, -0.25) is 0 Å². The van der Waals surface area contributed by atoms with Crippen LogP contribution >= 0.6 is 11.6 Å². The maximum atomic E-state index is 12.0. The van der Waals surface area contributed by atoms with E-state index in [1.807, 2.05) is 0 Å². The lowest BCUT2D eigenvalue weighted by Crippen LogP contribution is -2.33. The highest BCUT2D eigenvalue weighted by molar-refractivity contribution is 6.31. The number of anilines is 1. The molecule has 0 aromatic heterocycles. The summed E-state index contributed by atoms with van der Waals surface area (Å²) in [5.41, 5.74) is 0.259. The van der Waals surface area contributed by atoms with Crippen LogP contribution in [0.1, 0.15) is 23.7 Å². The number of amides is 2. The quantitative estimate of drug-likeness (QED) is 0.876. The van der Waals surface area contributed by atoms with Crippen LogP contribution in [0.15, 0.2) is 18.2 Å². The van der Waals surface area contributed by atoms with E-state index < -0.39 is 5.97 Å². The smallest absolute Gasteiger partial charge is 0.337 e. The third kappa shape index (κ3) is 3.17. The predicted molar refractivity (Wildman–Crippen MR) is 72.8 cm³/mol. The number of carbonyl (C=O) groups excluding carboxylic acids is 1. The minimum absolute atomic E-state index is 0.0324. The van der Waals surface area contributed by atoms with Crippen molar-refractivity contribution in [3.8, 4) is 0 Å². The molecule has 2 rings (SSSR count). The molecule has 1 unspecified atom stereocenters. The lowest BCUT2D eigenvalue weighted by molar-refractivity contribution is 0.0698. The molecule has 5 nitrogen and oxygen atoms in total. The Bertz CT molecular complexity index is 519. The van der Waals surface area contributed by atoms with Crippen LogP contribution < -0.4 is 5.32 Å². The van der Waals surface area contributed by atoms with Gasteiger partial charge in [-0.15, -0.1) is 0 Å². The first kappa shape index (κ1) is 13.7. The van der Waals surface area contributed by atoms with Gasteiger partial charge in [-0.2, -0.15) is 0 Å². The summed E-state index contributed by atoms with van der Waals surface area (Å²) in [5, 5.41) is 12.1. The first-order valence-corrected chi connectivity index (χ1v) is 6.44. The fourth-order valence-electron chi connectivity index (χ4n) is 2.12. The molecule has 0 saturated carbocycles. The Balaban J connectivity index is 2.16. The van der Waals surface area contributed by atoms with Crippen molar-refractivity contribution in [1.82, 2.24) is 4.90 Å². The van der Waals surface area contributed by atoms with E-state index in [-0.39, 0.29) is 17.3 Å². The molecule has 1 atom stereocenters. The largest absolute Gasteiger partial charge is 0.478 e. The number of carbonyl (C=O) groups is 2. The summed E-state index contributed by atoms with van der Waals surface area (Å²) in [6.45, 7) is 3.46. The number of halogens is 1. The number of rotatable bonds is 2. The summed E-state index contributed by atoms with van der Waals surface area (Å²) in [5.74, 6) is -0.620. The van der Waals surface area contributed by atoms with Crippen molar-refractivity contribution < 1.29 is 14.7 Å². The molecule has 6 heteroatoms. The first-order chi connectivity index (χ1) is 8.97. The molecule has 1 saturated heterocycles. The topological polar surface area (TPSA) is 69.6 Å². The van der Waals surface area contributed by atoms with Crippen LogP contribution in [-0.2, 0) is 0 Å². The molecule has 1 aromatic carbocycles. The van der Waals surface area contributed by atoms with Crippen LogP contribution in [0, 0.1) is 5.92 Å². The molecular weight excluding hydrogens is 268 g/mol. The highest BCUT2D eigenvalue weighted by atomic mass is 35.5. The number of urea groups is 1. The van der Waals surface area contributed by atoms with Gasteiger partial charge in [0, 0.05) is 18.1 Å². The van der Waals surface area contributed by atoms with Crippen molar-refractivity contribution in [2.75, 3.05) is 18.4 Å². The molecule has 1 aliphatic rings. The minimum Gasteiger partial charge on any atom is -0.478 e. The van der Waals surface area contributed by atoms with Gasteiger partial charge in [-0.25, -0.2) is 9.59 Å². The van der Waals surface area contributed by atoms with Gasteiger partial charge in [0.15, 0.2) is 0 Å². The van der Waals surface area contributed by atoms with Crippen molar-refractivity contribution in [3.63, 3.8) is 0 Å². The number of nitrogens with zero attached hydrogens (tertiary/aromatic N) is 1. The second-order valence-electron chi connectivity index (χ2n) is 4.77. The normalized spacial score (nSPS) is 18.4. The number of likely N-dealkylation sites (tertiary alicyclic amines) is 1. The van der Waals surface area contributed by atoms with Crippen molar-refractivity contribution in [2.24, 2.45) is 5.92 Å². The van der Waals surface area contributed by atoms with E-state index in [2.05, 4.69) is 12.2 Å². The standard InChI is InChI=1S/C13H15ClN2O3/c1-8-4-5-16(7-8)13(19)15-11-6-9(14)2-3-10(11)12(17)18/h2-3,6,8H,4-5,7H2,1H3,(H,15,19)(H,17,18). The fraction of sp³-hybridized carbons (Fsp3) is 0.385. The maximum Gasteiger partial charge on any atom is 0.337 e. The van der Waals surface area contributed by atoms with Crippen molar-refractivity contribution in [2.45, 2.75) is 13.3 Å². The van der Waals surface area contributed by atoms with Crippen LogP contribution in [0.4, 0.5) is 10.5 Å². The van der Waals surface area contributed by atoms with Gasteiger partial charge in [0.25, 0.3) is 0 Å². The van der Waals surface area contributed by atoms with Gasteiger partial charge in [-0.1, -0.05) is 18.5 Å². The van der Waals surface area contributed by atoms with E-state index in [1.165, 1.54) is 18.2 Å². The second kappa shape index (κ2) is 5.48. The summed E-state index contributed by atoms with van der Waals surface area (Å²) in [6.07, 6.45) is 0.967. The maximum absolute atomic E-state index is 12.0. The molecule has 1 aliphatic heterocycles. The van der Waals surface area contributed by atoms with E-state index in [0.29, 0.717) is 24.0 Å². The molecule has 2 amide bonds. The molecule has 1 heterocycles. The molecule has 19 heavy (non-hydrogen) atoms. The van der Waals surface area contributed by atoms with Gasteiger partial charge >= 0.3 is 12.0 Å². The summed E-state index contributed by atoms with van der Waals surface area (Å²) in [6, 6.07) is 4.03. The molecule has 0 aliphatic carbocycles. The Labute approximate surface area is 116 Å². The molecule has 1 fully saturated rings. The lowest BCUT2D eigenvalue weighted by Gasteiger charge is -2.17. The van der Waals surface area contributed by atoms with E-state index in [4.69, 9.17) is 16.7 Å².